The van der Waals surface area contributed by atoms with Crippen LogP contribution in [-0.4, -0.2) is 23.8 Å². The summed E-state index contributed by atoms with van der Waals surface area (Å²) in [6.45, 7) is 6.37. The predicted molar refractivity (Wildman–Crippen MR) is 77.5 cm³/mol. The van der Waals surface area contributed by atoms with E-state index in [1.54, 1.807) is 0 Å². The van der Waals surface area contributed by atoms with Crippen LogP contribution in [0.25, 0.3) is 0 Å². The highest BCUT2D eigenvalue weighted by molar-refractivity contribution is 8.02. The molecule has 3 heteroatoms. The van der Waals surface area contributed by atoms with Gasteiger partial charge < -0.3 is 5.32 Å². The van der Waals surface area contributed by atoms with E-state index in [0.29, 0.717) is 0 Å². The SMILES string of the molecule is CCNCc1cccc(SCCSCC)c1. The molecule has 1 N–H and O–H groups in total. The minimum absolute atomic E-state index is 0.981. The Balaban J connectivity index is 2.35. The van der Waals surface area contributed by atoms with Crippen molar-refractivity contribution in [3.8, 4) is 0 Å². The Hall–Kier alpha value is -0.120. The van der Waals surface area contributed by atoms with Crippen molar-refractivity contribution < 1.29 is 0 Å². The van der Waals surface area contributed by atoms with E-state index in [9.17, 15) is 0 Å². The second-order valence-electron chi connectivity index (χ2n) is 3.47. The van der Waals surface area contributed by atoms with Crippen molar-refractivity contribution in [2.45, 2.75) is 25.3 Å². The molecule has 0 radical (unpaired) electrons. The van der Waals surface area contributed by atoms with Crippen LogP contribution >= 0.6 is 23.5 Å². The zero-order valence-corrected chi connectivity index (χ0v) is 11.8. The summed E-state index contributed by atoms with van der Waals surface area (Å²) in [7, 11) is 0. The maximum atomic E-state index is 3.35. The van der Waals surface area contributed by atoms with Crippen LogP contribution in [-0.2, 0) is 6.54 Å². The van der Waals surface area contributed by atoms with Crippen LogP contribution in [0.4, 0.5) is 0 Å². The van der Waals surface area contributed by atoms with E-state index in [1.165, 1.54) is 27.7 Å². The average Bonchev–Trinajstić information content (AvgIpc) is 2.33. The van der Waals surface area contributed by atoms with Gasteiger partial charge in [-0.25, -0.2) is 0 Å². The molecule has 0 unspecified atom stereocenters. The zero-order chi connectivity index (χ0) is 11.6. The first kappa shape index (κ1) is 13.9. The van der Waals surface area contributed by atoms with Gasteiger partial charge in [0.25, 0.3) is 0 Å². The third-order valence-electron chi connectivity index (χ3n) is 2.18. The maximum absolute atomic E-state index is 3.35. The molecular weight excluding hydrogens is 234 g/mol. The van der Waals surface area contributed by atoms with Gasteiger partial charge in [-0.05, 0) is 30.0 Å². The van der Waals surface area contributed by atoms with E-state index < -0.39 is 0 Å². The number of benzene rings is 1. The summed E-state index contributed by atoms with van der Waals surface area (Å²) < 4.78 is 0. The molecule has 0 saturated heterocycles. The van der Waals surface area contributed by atoms with Gasteiger partial charge in [0.05, 0.1) is 0 Å². The van der Waals surface area contributed by atoms with E-state index in [2.05, 4.69) is 43.4 Å². The smallest absolute Gasteiger partial charge is 0.0205 e. The maximum Gasteiger partial charge on any atom is 0.0205 e. The van der Waals surface area contributed by atoms with Gasteiger partial charge >= 0.3 is 0 Å². The van der Waals surface area contributed by atoms with Gasteiger partial charge in [0, 0.05) is 22.9 Å². The minimum atomic E-state index is 0.981. The summed E-state index contributed by atoms with van der Waals surface area (Å²) in [6, 6.07) is 8.84. The van der Waals surface area contributed by atoms with Crippen molar-refractivity contribution in [2.75, 3.05) is 23.8 Å². The fourth-order valence-corrected chi connectivity index (χ4v) is 3.12. The molecule has 0 fully saturated rings. The van der Waals surface area contributed by atoms with Crippen LogP contribution in [0.3, 0.4) is 0 Å². The van der Waals surface area contributed by atoms with Crippen molar-refractivity contribution >= 4 is 23.5 Å². The number of hydrogen-bond acceptors (Lipinski definition) is 3. The monoisotopic (exact) mass is 255 g/mol. The van der Waals surface area contributed by atoms with Gasteiger partial charge in [0.15, 0.2) is 0 Å². The molecule has 0 amide bonds. The Bertz CT molecular complexity index is 289. The quantitative estimate of drug-likeness (QED) is 0.562. The highest BCUT2D eigenvalue weighted by Gasteiger charge is 1.96. The molecule has 0 aliphatic rings. The molecule has 0 spiro atoms. The zero-order valence-electron chi connectivity index (χ0n) is 10.2. The van der Waals surface area contributed by atoms with Crippen molar-refractivity contribution in [2.24, 2.45) is 0 Å². The number of rotatable bonds is 8. The van der Waals surface area contributed by atoms with Crippen molar-refractivity contribution in [3.05, 3.63) is 29.8 Å². The van der Waals surface area contributed by atoms with E-state index in [4.69, 9.17) is 0 Å². The topological polar surface area (TPSA) is 12.0 Å². The molecule has 0 bridgehead atoms. The molecular formula is C13H21NS2. The normalized spacial score (nSPS) is 10.6. The average molecular weight is 255 g/mol. The third-order valence-corrected chi connectivity index (χ3v) is 4.33. The second kappa shape index (κ2) is 8.97. The molecule has 0 saturated carbocycles. The fraction of sp³-hybridized carbons (Fsp3) is 0.538. The second-order valence-corrected chi connectivity index (χ2v) is 6.04. The van der Waals surface area contributed by atoms with E-state index in [1.807, 2.05) is 23.5 Å². The Morgan fingerprint density at radius 3 is 2.81 bits per heavy atom. The van der Waals surface area contributed by atoms with Crippen LogP contribution in [0.15, 0.2) is 29.2 Å². The highest BCUT2D eigenvalue weighted by atomic mass is 32.2. The van der Waals surface area contributed by atoms with E-state index in [-0.39, 0.29) is 0 Å². The number of thioether (sulfide) groups is 2. The van der Waals surface area contributed by atoms with Crippen molar-refractivity contribution in [1.82, 2.24) is 5.32 Å². The third kappa shape index (κ3) is 5.83. The van der Waals surface area contributed by atoms with Crippen LogP contribution in [0, 0.1) is 0 Å². The lowest BCUT2D eigenvalue weighted by atomic mass is 10.2. The van der Waals surface area contributed by atoms with Crippen molar-refractivity contribution in [3.63, 3.8) is 0 Å². The lowest BCUT2D eigenvalue weighted by Crippen LogP contribution is -2.11. The Kier molecular flexibility index (Phi) is 7.81. The standard InChI is InChI=1S/C13H21NS2/c1-3-14-11-12-6-5-7-13(10-12)16-9-8-15-4-2/h5-7,10,14H,3-4,8-9,11H2,1-2H3. The molecule has 1 aromatic rings. The lowest BCUT2D eigenvalue weighted by molar-refractivity contribution is 0.725. The first-order valence-electron chi connectivity index (χ1n) is 5.87. The molecule has 1 aromatic carbocycles. The summed E-state index contributed by atoms with van der Waals surface area (Å²) in [5.41, 5.74) is 1.38. The molecule has 0 atom stereocenters. The Labute approximate surface area is 108 Å². The molecule has 0 aliphatic heterocycles. The van der Waals surface area contributed by atoms with Gasteiger partial charge in [-0.15, -0.1) is 11.8 Å². The molecule has 1 nitrogen and oxygen atoms in total. The number of nitrogens with one attached hydrogen (secondary N) is 1. The largest absolute Gasteiger partial charge is 0.313 e. The van der Waals surface area contributed by atoms with Gasteiger partial charge in [-0.2, -0.15) is 11.8 Å². The first-order chi connectivity index (χ1) is 7.86. The van der Waals surface area contributed by atoms with Gasteiger partial charge in [0.2, 0.25) is 0 Å². The first-order valence-corrected chi connectivity index (χ1v) is 8.01. The fourth-order valence-electron chi connectivity index (χ4n) is 1.38. The molecule has 1 rings (SSSR count). The Morgan fingerprint density at radius 2 is 2.06 bits per heavy atom. The minimum Gasteiger partial charge on any atom is -0.313 e. The van der Waals surface area contributed by atoms with Crippen LogP contribution in [0.2, 0.25) is 0 Å². The van der Waals surface area contributed by atoms with Gasteiger partial charge in [0.1, 0.15) is 0 Å². The molecule has 0 aliphatic carbocycles. The van der Waals surface area contributed by atoms with Crippen molar-refractivity contribution in [1.29, 1.82) is 0 Å². The number of hydrogen-bond donors (Lipinski definition) is 1. The summed E-state index contributed by atoms with van der Waals surface area (Å²) >= 11 is 3.97. The summed E-state index contributed by atoms with van der Waals surface area (Å²) in [5.74, 6) is 3.68. The molecule has 0 aromatic heterocycles. The summed E-state index contributed by atoms with van der Waals surface area (Å²) in [4.78, 5) is 1.40. The van der Waals surface area contributed by atoms with E-state index in [0.717, 1.165) is 13.1 Å². The highest BCUT2D eigenvalue weighted by Crippen LogP contribution is 2.20. The van der Waals surface area contributed by atoms with Gasteiger partial charge in [-0.1, -0.05) is 26.0 Å². The lowest BCUT2D eigenvalue weighted by Gasteiger charge is -2.05. The van der Waals surface area contributed by atoms with Gasteiger partial charge in [-0.3, -0.25) is 0 Å². The summed E-state index contributed by atoms with van der Waals surface area (Å²) in [6.07, 6.45) is 0. The van der Waals surface area contributed by atoms with Crippen LogP contribution in [0.5, 0.6) is 0 Å². The predicted octanol–water partition coefficient (Wildman–Crippen LogP) is 3.64. The Morgan fingerprint density at radius 1 is 1.19 bits per heavy atom. The molecule has 16 heavy (non-hydrogen) atoms. The molecule has 90 valence electrons. The van der Waals surface area contributed by atoms with Crippen LogP contribution < -0.4 is 5.32 Å². The summed E-state index contributed by atoms with van der Waals surface area (Å²) in [5, 5.41) is 3.35. The van der Waals surface area contributed by atoms with E-state index >= 15 is 0 Å². The molecule has 0 heterocycles. The van der Waals surface area contributed by atoms with Crippen LogP contribution in [0.1, 0.15) is 19.4 Å².